The molecule has 2 aliphatic rings. The van der Waals surface area contributed by atoms with Gasteiger partial charge in [-0.25, -0.2) is 4.39 Å². The van der Waals surface area contributed by atoms with Gasteiger partial charge in [0, 0.05) is 20.2 Å². The Hall–Kier alpha value is -1.50. The number of carbonyl (C=O) groups is 1. The third-order valence-corrected chi connectivity index (χ3v) is 5.81. The van der Waals surface area contributed by atoms with Gasteiger partial charge in [-0.15, -0.1) is 0 Å². The zero-order valence-electron chi connectivity index (χ0n) is 16.1. The number of nitrogens with one attached hydrogen (secondary N) is 1. The molecular formula is C21H31FN2O3. The molecule has 6 heteroatoms. The van der Waals surface area contributed by atoms with Crippen molar-refractivity contribution in [2.24, 2.45) is 5.92 Å². The number of halogens is 1. The molecule has 150 valence electrons. The van der Waals surface area contributed by atoms with Crippen LogP contribution in [0, 0.1) is 11.7 Å². The highest BCUT2D eigenvalue weighted by Gasteiger charge is 2.36. The lowest BCUT2D eigenvalue weighted by Gasteiger charge is -2.43. The number of methoxy groups -OCH3 is 1. The number of carbonyl (C=O) groups excluding carboxylic acids is 1. The van der Waals surface area contributed by atoms with E-state index in [1.165, 1.54) is 32.4 Å². The van der Waals surface area contributed by atoms with Crippen LogP contribution in [0.25, 0.3) is 0 Å². The monoisotopic (exact) mass is 378 g/mol. The summed E-state index contributed by atoms with van der Waals surface area (Å²) in [6, 6.07) is 5.06. The molecule has 3 rings (SSSR count). The maximum atomic E-state index is 13.7. The molecule has 1 unspecified atom stereocenters. The molecule has 5 nitrogen and oxygen atoms in total. The fourth-order valence-corrected chi connectivity index (χ4v) is 4.56. The van der Waals surface area contributed by atoms with Gasteiger partial charge in [-0.1, -0.05) is 25.3 Å². The molecule has 0 spiro atoms. The average Bonchev–Trinajstić information content (AvgIpc) is 2.67. The fourth-order valence-electron chi connectivity index (χ4n) is 4.56. The summed E-state index contributed by atoms with van der Waals surface area (Å²) < 4.78 is 18.6. The molecule has 1 fully saturated rings. The summed E-state index contributed by atoms with van der Waals surface area (Å²) in [7, 11) is 1.54. The van der Waals surface area contributed by atoms with E-state index in [-0.39, 0.29) is 30.9 Å². The molecule has 2 atom stereocenters. The molecule has 0 radical (unpaired) electrons. The Morgan fingerprint density at radius 2 is 2.15 bits per heavy atom. The number of hydrogen-bond donors (Lipinski definition) is 2. The molecule has 1 saturated carbocycles. The van der Waals surface area contributed by atoms with E-state index in [1.807, 2.05) is 11.0 Å². The van der Waals surface area contributed by atoms with Crippen LogP contribution in [0.4, 0.5) is 4.39 Å². The molecule has 0 bridgehead atoms. The number of hydrogen-bond acceptors (Lipinski definition) is 4. The zero-order chi connectivity index (χ0) is 19.2. The van der Waals surface area contributed by atoms with E-state index in [0.29, 0.717) is 25.4 Å². The van der Waals surface area contributed by atoms with Crippen LogP contribution in [0.5, 0.6) is 0 Å². The third-order valence-electron chi connectivity index (χ3n) is 5.81. The van der Waals surface area contributed by atoms with Crippen LogP contribution < -0.4 is 5.32 Å². The van der Waals surface area contributed by atoms with Gasteiger partial charge in [0.1, 0.15) is 5.82 Å². The second-order valence-electron chi connectivity index (χ2n) is 7.76. The summed E-state index contributed by atoms with van der Waals surface area (Å²) in [5.41, 5.74) is 2.15. The van der Waals surface area contributed by atoms with Crippen LogP contribution in [-0.4, -0.2) is 55.4 Å². The Morgan fingerprint density at radius 3 is 2.89 bits per heavy atom. The summed E-state index contributed by atoms with van der Waals surface area (Å²) >= 11 is 0. The highest BCUT2D eigenvalue weighted by atomic mass is 19.1. The lowest BCUT2D eigenvalue weighted by atomic mass is 9.77. The summed E-state index contributed by atoms with van der Waals surface area (Å²) in [5, 5.41) is 12.8. The number of amides is 1. The van der Waals surface area contributed by atoms with Gasteiger partial charge in [0.25, 0.3) is 0 Å². The second-order valence-corrected chi connectivity index (χ2v) is 7.76. The van der Waals surface area contributed by atoms with Gasteiger partial charge in [-0.3, -0.25) is 4.79 Å². The van der Waals surface area contributed by atoms with Crippen molar-refractivity contribution in [3.05, 3.63) is 35.1 Å². The molecule has 1 aromatic rings. The molecular weight excluding hydrogens is 347 g/mol. The van der Waals surface area contributed by atoms with E-state index in [1.54, 1.807) is 6.07 Å². The normalized spacial score (nSPS) is 21.7. The number of benzene rings is 1. The van der Waals surface area contributed by atoms with Gasteiger partial charge < -0.3 is 20.1 Å². The average molecular weight is 378 g/mol. The topological polar surface area (TPSA) is 61.8 Å². The summed E-state index contributed by atoms with van der Waals surface area (Å²) in [6.45, 7) is 1.39. The predicted octanol–water partition coefficient (Wildman–Crippen LogP) is 2.43. The Morgan fingerprint density at radius 1 is 1.37 bits per heavy atom. The Balaban J connectivity index is 1.72. The van der Waals surface area contributed by atoms with Gasteiger partial charge >= 0.3 is 0 Å². The van der Waals surface area contributed by atoms with Crippen molar-refractivity contribution < 1.29 is 19.0 Å². The molecule has 1 amide bonds. The van der Waals surface area contributed by atoms with Crippen molar-refractivity contribution in [3.63, 3.8) is 0 Å². The zero-order valence-corrected chi connectivity index (χ0v) is 16.1. The lowest BCUT2D eigenvalue weighted by molar-refractivity contribution is -0.135. The number of nitrogens with zero attached hydrogens (tertiary/aromatic N) is 1. The van der Waals surface area contributed by atoms with Gasteiger partial charge in [-0.05, 0) is 48.4 Å². The SMILES string of the molecule is COC[C@@H](O)CNCC(=O)N1CCc2cc(F)ccc2C1C1CCCCC1. The van der Waals surface area contributed by atoms with Crippen LogP contribution in [0.1, 0.15) is 49.3 Å². The maximum Gasteiger partial charge on any atom is 0.237 e. The quantitative estimate of drug-likeness (QED) is 0.765. The van der Waals surface area contributed by atoms with Gasteiger partial charge in [0.2, 0.25) is 5.91 Å². The van der Waals surface area contributed by atoms with Crippen molar-refractivity contribution in [3.8, 4) is 0 Å². The van der Waals surface area contributed by atoms with E-state index >= 15 is 0 Å². The Labute approximate surface area is 160 Å². The minimum absolute atomic E-state index is 0.0350. The molecule has 1 aliphatic heterocycles. The number of rotatable bonds is 7. The van der Waals surface area contributed by atoms with Crippen molar-refractivity contribution in [2.45, 2.75) is 50.7 Å². The van der Waals surface area contributed by atoms with Crippen LogP contribution >= 0.6 is 0 Å². The van der Waals surface area contributed by atoms with E-state index < -0.39 is 6.10 Å². The number of aliphatic hydroxyl groups excluding tert-OH is 1. The van der Waals surface area contributed by atoms with Crippen LogP contribution in [-0.2, 0) is 16.0 Å². The van der Waals surface area contributed by atoms with Crippen molar-refractivity contribution in [2.75, 3.05) is 33.4 Å². The van der Waals surface area contributed by atoms with E-state index in [4.69, 9.17) is 4.74 Å². The standard InChI is InChI=1S/C21H31FN2O3/c1-27-14-18(25)12-23-13-20(26)24-10-9-16-11-17(22)7-8-19(16)21(24)15-5-3-2-4-6-15/h7-8,11,15,18,21,23,25H,2-6,9-10,12-14H2,1H3/t18-,21?/m0/s1. The molecule has 2 N–H and O–H groups in total. The van der Waals surface area contributed by atoms with Crippen molar-refractivity contribution >= 4 is 5.91 Å². The number of ether oxygens (including phenoxy) is 1. The van der Waals surface area contributed by atoms with Gasteiger partial charge in [0.15, 0.2) is 0 Å². The molecule has 0 aromatic heterocycles. The van der Waals surface area contributed by atoms with Crippen LogP contribution in [0.2, 0.25) is 0 Å². The first-order valence-electron chi connectivity index (χ1n) is 10.1. The smallest absolute Gasteiger partial charge is 0.237 e. The van der Waals surface area contributed by atoms with E-state index in [2.05, 4.69) is 5.32 Å². The fraction of sp³-hybridized carbons (Fsp3) is 0.667. The minimum Gasteiger partial charge on any atom is -0.389 e. The van der Waals surface area contributed by atoms with Crippen molar-refractivity contribution in [1.82, 2.24) is 10.2 Å². The molecule has 1 aromatic carbocycles. The lowest BCUT2D eigenvalue weighted by Crippen LogP contribution is -2.47. The number of fused-ring (bicyclic) bond motifs is 1. The molecule has 1 heterocycles. The van der Waals surface area contributed by atoms with Crippen molar-refractivity contribution in [1.29, 1.82) is 0 Å². The molecule has 27 heavy (non-hydrogen) atoms. The highest BCUT2D eigenvalue weighted by Crippen LogP contribution is 2.42. The first kappa shape index (κ1) is 20.2. The first-order chi connectivity index (χ1) is 13.1. The third kappa shape index (κ3) is 5.06. The summed E-state index contributed by atoms with van der Waals surface area (Å²) in [5.74, 6) is 0.279. The van der Waals surface area contributed by atoms with Gasteiger partial charge in [0.05, 0.1) is 25.3 Å². The summed E-state index contributed by atoms with van der Waals surface area (Å²) in [6.07, 6.45) is 5.95. The van der Waals surface area contributed by atoms with E-state index in [0.717, 1.165) is 24.0 Å². The van der Waals surface area contributed by atoms with E-state index in [9.17, 15) is 14.3 Å². The number of aliphatic hydroxyl groups is 1. The van der Waals surface area contributed by atoms with Gasteiger partial charge in [-0.2, -0.15) is 0 Å². The minimum atomic E-state index is -0.623. The summed E-state index contributed by atoms with van der Waals surface area (Å²) in [4.78, 5) is 14.9. The maximum absolute atomic E-state index is 13.7. The predicted molar refractivity (Wildman–Crippen MR) is 102 cm³/mol. The van der Waals surface area contributed by atoms with Crippen LogP contribution in [0.15, 0.2) is 18.2 Å². The van der Waals surface area contributed by atoms with Crippen LogP contribution in [0.3, 0.4) is 0 Å². The Bertz CT molecular complexity index is 634. The first-order valence-corrected chi connectivity index (χ1v) is 10.1. The Kier molecular flexibility index (Phi) is 7.21. The largest absolute Gasteiger partial charge is 0.389 e. The molecule has 0 saturated heterocycles. The highest BCUT2D eigenvalue weighted by molar-refractivity contribution is 5.79. The molecule has 1 aliphatic carbocycles. The second kappa shape index (κ2) is 9.62.